The number of rotatable bonds is 6. The number of carbonyl (C=O) groups is 3. The molecule has 0 atom stereocenters. The van der Waals surface area contributed by atoms with Crippen LogP contribution in [0.1, 0.15) is 15.3 Å². The number of fused-ring (bicyclic) bond motifs is 3. The number of anilines is 3. The van der Waals surface area contributed by atoms with Gasteiger partial charge in [0.25, 0.3) is 47.8 Å². The van der Waals surface area contributed by atoms with Crippen LogP contribution in [-0.4, -0.2) is 107 Å². The van der Waals surface area contributed by atoms with E-state index in [1.54, 1.807) is 72.1 Å². The number of hydrogen-bond acceptors (Lipinski definition) is 17. The third-order valence-electron chi connectivity index (χ3n) is 9.77. The molecule has 27 heteroatoms. The van der Waals surface area contributed by atoms with Crippen LogP contribution in [0.15, 0.2) is 147 Å². The first-order chi connectivity index (χ1) is 32.2. The second kappa shape index (κ2) is 19.1. The van der Waals surface area contributed by atoms with Gasteiger partial charge in [-0.1, -0.05) is 41.9 Å². The Morgan fingerprint density at radius 3 is 1.38 bits per heavy atom. The molecule has 3 aliphatic heterocycles. The summed E-state index contributed by atoms with van der Waals surface area (Å²) in [5.74, 6) is -2.76. The fourth-order valence-electron chi connectivity index (χ4n) is 6.44. The Kier molecular flexibility index (Phi) is 13.6. The van der Waals surface area contributed by atoms with Crippen molar-refractivity contribution in [2.75, 3.05) is 37.1 Å². The molecule has 0 saturated carbocycles. The average Bonchev–Trinajstić information content (AvgIpc) is 3.98. The van der Waals surface area contributed by atoms with Crippen LogP contribution in [-0.2, 0) is 44.5 Å². The second-order valence-electron chi connectivity index (χ2n) is 13.9. The molecule has 5 aromatic heterocycles. The summed E-state index contributed by atoms with van der Waals surface area (Å²) < 4.78 is 77.1. The smallest absolute Gasteiger partial charge is 0.278 e. The lowest BCUT2D eigenvalue weighted by molar-refractivity contribution is -0.114. The van der Waals surface area contributed by atoms with Crippen molar-refractivity contribution in [3.05, 3.63) is 152 Å². The number of pyridine rings is 3. The molecule has 6 N–H and O–H groups in total. The molecule has 352 valence electrons. The Hall–Kier alpha value is -7.36. The van der Waals surface area contributed by atoms with Crippen molar-refractivity contribution in [3.63, 3.8) is 0 Å². The molecule has 8 heterocycles. The minimum absolute atomic E-state index is 0.00751. The summed E-state index contributed by atoms with van der Waals surface area (Å²) in [5.41, 5.74) is -0.978. The molecule has 0 bridgehead atoms. The van der Waals surface area contributed by atoms with Crippen LogP contribution < -0.4 is 16.0 Å². The Labute approximate surface area is 400 Å². The maximum atomic E-state index is 12.5. The molecule has 0 radical (unpaired) electrons. The van der Waals surface area contributed by atoms with Crippen molar-refractivity contribution < 1.29 is 55.0 Å². The van der Waals surface area contributed by atoms with Gasteiger partial charge in [-0.3, -0.25) is 27.3 Å². The highest BCUT2D eigenvalue weighted by atomic mass is 35.5. The first kappa shape index (κ1) is 48.6. The number of aromatic nitrogens is 3. The number of likely N-dealkylation sites (N-methyl/N-ethyl adjacent to an activating group) is 3. The van der Waals surface area contributed by atoms with E-state index >= 15 is 0 Å². The van der Waals surface area contributed by atoms with Crippen molar-refractivity contribution in [1.82, 2.24) is 27.9 Å². The number of aliphatic hydroxyl groups is 3. The van der Waals surface area contributed by atoms with Crippen LogP contribution in [0.5, 0.6) is 0 Å². The molecule has 0 fully saturated rings. The third-order valence-corrected chi connectivity index (χ3v) is 17.6. The van der Waals surface area contributed by atoms with Gasteiger partial charge in [-0.15, -0.1) is 22.7 Å². The molecular formula is C41H34ClN9O12S5. The molecule has 3 aliphatic rings. The van der Waals surface area contributed by atoms with Gasteiger partial charge in [-0.25, -0.2) is 40.2 Å². The minimum Gasteiger partial charge on any atom is -0.505 e. The number of nitrogens with one attached hydrogen (secondary N) is 3. The highest BCUT2D eigenvalue weighted by Crippen LogP contribution is 2.42. The lowest BCUT2D eigenvalue weighted by Gasteiger charge is -2.28. The topological polar surface area (TPSA) is 299 Å². The van der Waals surface area contributed by atoms with Crippen LogP contribution in [0.25, 0.3) is 17.3 Å². The van der Waals surface area contributed by atoms with Gasteiger partial charge in [0.2, 0.25) is 0 Å². The van der Waals surface area contributed by atoms with Crippen LogP contribution in [0.4, 0.5) is 17.5 Å². The molecule has 9 rings (SSSR count). The van der Waals surface area contributed by atoms with E-state index in [0.29, 0.717) is 0 Å². The molecule has 21 nitrogen and oxygen atoms in total. The van der Waals surface area contributed by atoms with E-state index in [4.69, 9.17) is 11.6 Å². The SMILES string of the molecule is CN1C(C(=O)Nc2ccccn2)=C(O)c2ccccc2S1(=O)=O.CN1C(C(=O)Nc2ccccn2)=C(O)c2sc(Cl)cc2S1(=O)=O.CN1C(C(=O)Nc2ccccn2)=C(O)c2sccc2S1(=O)=O. The van der Waals surface area contributed by atoms with Gasteiger partial charge in [0.05, 0.1) is 19.0 Å². The second-order valence-corrected chi connectivity index (χ2v) is 22.3. The standard InChI is InChI=1S/C15H13N3O4S.C13H10ClN3O4S2.C13H11N3O4S2/c1-18-13(15(20)17-12-8-4-5-9-16-12)14(19)10-6-2-3-7-11(10)23(18,21)22;1-17-10(13(19)16-9-4-2-3-5-15-9)11(18)12-7(23(17,20)21)6-8(14)22-12;1-16-10(13(18)15-9-4-2-3-6-14-9)11(17)12-8(5-7-21-12)22(16,19)20/h2-9,19H,1H3,(H,16,17,20);2-6,18H,1H3,(H,15,16,19);2-7,17H,1H3,(H,14,15,18). The number of thiophene rings is 2. The van der Waals surface area contributed by atoms with E-state index < -0.39 is 59.3 Å². The molecule has 1 aromatic carbocycles. The quantitative estimate of drug-likeness (QED) is 0.120. The zero-order chi connectivity index (χ0) is 49.3. The minimum atomic E-state index is -3.96. The molecule has 0 spiro atoms. The van der Waals surface area contributed by atoms with Gasteiger partial charge in [-0.2, -0.15) is 0 Å². The van der Waals surface area contributed by atoms with Crippen molar-refractivity contribution in [3.8, 4) is 0 Å². The molecule has 0 unspecified atom stereocenters. The van der Waals surface area contributed by atoms with E-state index in [1.807, 2.05) is 0 Å². The van der Waals surface area contributed by atoms with Crippen LogP contribution in [0.3, 0.4) is 0 Å². The van der Waals surface area contributed by atoms with E-state index in [9.17, 15) is 55.0 Å². The number of aliphatic hydroxyl groups excluding tert-OH is 3. The highest BCUT2D eigenvalue weighted by Gasteiger charge is 2.41. The van der Waals surface area contributed by atoms with E-state index in [-0.39, 0.29) is 74.6 Å². The van der Waals surface area contributed by atoms with Gasteiger partial charge >= 0.3 is 0 Å². The van der Waals surface area contributed by atoms with Crippen LogP contribution in [0.2, 0.25) is 4.34 Å². The maximum Gasteiger partial charge on any atom is 0.278 e. The molecule has 0 saturated heterocycles. The Morgan fingerprint density at radius 1 is 0.529 bits per heavy atom. The molecule has 6 aromatic rings. The van der Waals surface area contributed by atoms with E-state index in [1.165, 1.54) is 64.0 Å². The summed E-state index contributed by atoms with van der Waals surface area (Å²) in [6.45, 7) is 0. The maximum absolute atomic E-state index is 12.5. The fourth-order valence-corrected chi connectivity index (χ4v) is 13.3. The summed E-state index contributed by atoms with van der Waals surface area (Å²) in [7, 11) is -8.09. The first-order valence-electron chi connectivity index (χ1n) is 19.1. The molecular weight excluding hydrogens is 1010 g/mol. The van der Waals surface area contributed by atoms with Gasteiger partial charge in [0.15, 0.2) is 34.4 Å². The highest BCUT2D eigenvalue weighted by molar-refractivity contribution is 7.90. The summed E-state index contributed by atoms with van der Waals surface area (Å²) in [4.78, 5) is 49.0. The van der Waals surface area contributed by atoms with Gasteiger partial charge in [0, 0.05) is 45.3 Å². The van der Waals surface area contributed by atoms with Gasteiger partial charge in [-0.05, 0) is 66.0 Å². The molecule has 0 aliphatic carbocycles. The summed E-state index contributed by atoms with van der Waals surface area (Å²) in [6, 6.07) is 23.3. The van der Waals surface area contributed by atoms with E-state index in [2.05, 4.69) is 30.9 Å². The largest absolute Gasteiger partial charge is 0.505 e. The van der Waals surface area contributed by atoms with Crippen molar-refractivity contribution in [2.45, 2.75) is 14.7 Å². The van der Waals surface area contributed by atoms with Crippen molar-refractivity contribution in [2.24, 2.45) is 0 Å². The first-order valence-corrected chi connectivity index (χ1v) is 25.5. The number of amides is 3. The Balaban J connectivity index is 0.000000151. The van der Waals surface area contributed by atoms with Crippen LogP contribution >= 0.6 is 34.3 Å². The number of nitrogens with zero attached hydrogens (tertiary/aromatic N) is 6. The zero-order valence-electron chi connectivity index (χ0n) is 35.1. The number of carbonyl (C=O) groups excluding carboxylic acids is 3. The fraction of sp³-hybridized carbons (Fsp3) is 0.0732. The number of sulfonamides is 3. The number of halogens is 1. The van der Waals surface area contributed by atoms with Crippen LogP contribution in [0, 0.1) is 0 Å². The summed E-state index contributed by atoms with van der Waals surface area (Å²) in [6.07, 6.45) is 4.45. The van der Waals surface area contributed by atoms with Gasteiger partial charge in [0.1, 0.15) is 27.2 Å². The normalized spacial score (nSPS) is 16.1. The Bertz CT molecular complexity index is 3420. The van der Waals surface area contributed by atoms with Crippen molar-refractivity contribution >= 4 is 117 Å². The van der Waals surface area contributed by atoms with Crippen molar-refractivity contribution in [1.29, 1.82) is 0 Å². The monoisotopic (exact) mass is 1040 g/mol. The zero-order valence-corrected chi connectivity index (χ0v) is 39.9. The summed E-state index contributed by atoms with van der Waals surface area (Å²) in [5, 5.41) is 39.9. The third kappa shape index (κ3) is 9.19. The van der Waals surface area contributed by atoms with E-state index in [0.717, 1.165) is 35.6 Å². The molecule has 68 heavy (non-hydrogen) atoms. The predicted molar refractivity (Wildman–Crippen MR) is 252 cm³/mol. The predicted octanol–water partition coefficient (Wildman–Crippen LogP) is 5.52. The Morgan fingerprint density at radius 2 is 0.926 bits per heavy atom. The van der Waals surface area contributed by atoms with Gasteiger partial charge < -0.3 is 31.3 Å². The summed E-state index contributed by atoms with van der Waals surface area (Å²) >= 11 is 7.78. The number of hydrogen-bond donors (Lipinski definition) is 6. The lowest BCUT2D eigenvalue weighted by atomic mass is 10.1. The lowest BCUT2D eigenvalue weighted by Crippen LogP contribution is -2.37. The average molecular weight is 1040 g/mol. The molecule has 3 amide bonds. The number of benzene rings is 1.